The molecule has 0 atom stereocenters. The first-order valence-corrected chi connectivity index (χ1v) is 5.52. The Labute approximate surface area is 107 Å². The van der Waals surface area contributed by atoms with Gasteiger partial charge in [-0.1, -0.05) is 0 Å². The minimum atomic E-state index is -0.541. The van der Waals surface area contributed by atoms with Crippen molar-refractivity contribution in [2.45, 2.75) is 0 Å². The molecule has 2 rings (SSSR count). The van der Waals surface area contributed by atoms with Crippen LogP contribution in [0.3, 0.4) is 0 Å². The molecule has 0 spiro atoms. The van der Waals surface area contributed by atoms with Crippen molar-refractivity contribution in [2.24, 2.45) is 0 Å². The average molecular weight is 264 g/mol. The Balaban J connectivity index is 2.52. The third-order valence-electron chi connectivity index (χ3n) is 2.58. The lowest BCUT2D eigenvalue weighted by Gasteiger charge is -2.07. The largest absolute Gasteiger partial charge is 0.383 e. The van der Waals surface area contributed by atoms with Gasteiger partial charge in [0.2, 0.25) is 0 Å². The monoisotopic (exact) mass is 264 g/mol. The van der Waals surface area contributed by atoms with Crippen LogP contribution < -0.4 is 10.9 Å². The van der Waals surface area contributed by atoms with Gasteiger partial charge in [0.15, 0.2) is 0 Å². The number of aromatic nitrogens is 2. The zero-order valence-corrected chi connectivity index (χ0v) is 10.2. The molecule has 8 heteroatoms. The summed E-state index contributed by atoms with van der Waals surface area (Å²) in [6.45, 7) is 0.837. The first-order valence-electron chi connectivity index (χ1n) is 5.52. The average Bonchev–Trinajstić information content (AvgIpc) is 2.38. The maximum Gasteiger partial charge on any atom is 0.293 e. The van der Waals surface area contributed by atoms with Crippen molar-refractivity contribution in [1.29, 1.82) is 0 Å². The first kappa shape index (κ1) is 13.0. The highest BCUT2D eigenvalue weighted by molar-refractivity contribution is 5.86. The summed E-state index contributed by atoms with van der Waals surface area (Å²) in [6.07, 6.45) is 1.26. The summed E-state index contributed by atoms with van der Waals surface area (Å²) in [7, 11) is 1.54. The van der Waals surface area contributed by atoms with E-state index in [2.05, 4.69) is 15.3 Å². The Morgan fingerprint density at radius 1 is 1.53 bits per heavy atom. The van der Waals surface area contributed by atoms with Crippen LogP contribution in [0, 0.1) is 10.1 Å². The highest BCUT2D eigenvalue weighted by Crippen LogP contribution is 2.27. The van der Waals surface area contributed by atoms with Crippen molar-refractivity contribution < 1.29 is 9.66 Å². The van der Waals surface area contributed by atoms with Crippen LogP contribution in [0.1, 0.15) is 0 Å². The molecule has 0 saturated carbocycles. The van der Waals surface area contributed by atoms with Crippen molar-refractivity contribution in [2.75, 3.05) is 25.6 Å². The molecule has 0 radical (unpaired) electrons. The normalized spacial score (nSPS) is 10.6. The van der Waals surface area contributed by atoms with Crippen LogP contribution >= 0.6 is 0 Å². The number of aromatic amines is 1. The standard InChI is InChI=1S/C11H12N4O4/c1-19-3-2-12-9-5-8-7(4-10(9)15(17)18)11(16)14-6-13-8/h4-6,12H,2-3H2,1H3,(H,13,14,16). The highest BCUT2D eigenvalue weighted by Gasteiger charge is 2.16. The quantitative estimate of drug-likeness (QED) is 0.471. The summed E-state index contributed by atoms with van der Waals surface area (Å²) in [6, 6.07) is 2.70. The SMILES string of the molecule is COCCNc1cc2nc[nH]c(=O)c2cc1[N+](=O)[O-]. The van der Waals surface area contributed by atoms with Crippen molar-refractivity contribution in [1.82, 2.24) is 9.97 Å². The number of benzene rings is 1. The number of ether oxygens (including phenoxy) is 1. The fourth-order valence-electron chi connectivity index (χ4n) is 1.68. The summed E-state index contributed by atoms with van der Waals surface area (Å²) in [5.74, 6) is 0. The van der Waals surface area contributed by atoms with E-state index in [1.165, 1.54) is 25.6 Å². The van der Waals surface area contributed by atoms with Crippen LogP contribution in [0.15, 0.2) is 23.3 Å². The molecule has 2 N–H and O–H groups in total. The van der Waals surface area contributed by atoms with Gasteiger partial charge in [0.05, 0.1) is 28.8 Å². The molecule has 0 amide bonds. The fourth-order valence-corrected chi connectivity index (χ4v) is 1.68. The van der Waals surface area contributed by atoms with Gasteiger partial charge in [-0.15, -0.1) is 0 Å². The highest BCUT2D eigenvalue weighted by atomic mass is 16.6. The van der Waals surface area contributed by atoms with Gasteiger partial charge in [-0.05, 0) is 6.07 Å². The van der Waals surface area contributed by atoms with Gasteiger partial charge in [-0.2, -0.15) is 0 Å². The number of hydrogen-bond acceptors (Lipinski definition) is 6. The van der Waals surface area contributed by atoms with Gasteiger partial charge in [0.25, 0.3) is 11.2 Å². The summed E-state index contributed by atoms with van der Waals surface area (Å²) in [4.78, 5) is 28.4. The molecule has 1 heterocycles. The molecule has 0 bridgehead atoms. The smallest absolute Gasteiger partial charge is 0.293 e. The van der Waals surface area contributed by atoms with E-state index in [0.29, 0.717) is 24.4 Å². The number of hydrogen-bond donors (Lipinski definition) is 2. The Morgan fingerprint density at radius 2 is 2.32 bits per heavy atom. The minimum Gasteiger partial charge on any atom is -0.383 e. The number of rotatable bonds is 5. The topological polar surface area (TPSA) is 110 Å². The molecule has 0 saturated heterocycles. The summed E-state index contributed by atoms with van der Waals surface area (Å²) < 4.78 is 4.87. The molecule has 1 aromatic heterocycles. The van der Waals surface area contributed by atoms with Crippen LogP contribution in [0.5, 0.6) is 0 Å². The number of nitro benzene ring substituents is 1. The fraction of sp³-hybridized carbons (Fsp3) is 0.273. The molecular formula is C11H12N4O4. The van der Waals surface area contributed by atoms with E-state index in [1.807, 2.05) is 0 Å². The zero-order chi connectivity index (χ0) is 13.8. The van der Waals surface area contributed by atoms with Gasteiger partial charge >= 0.3 is 0 Å². The molecule has 19 heavy (non-hydrogen) atoms. The maximum atomic E-state index is 11.6. The Hall–Kier alpha value is -2.48. The summed E-state index contributed by atoms with van der Waals surface area (Å²) in [5.41, 5.74) is 0.139. The number of nitrogens with one attached hydrogen (secondary N) is 2. The molecule has 0 unspecified atom stereocenters. The number of nitrogens with zero attached hydrogens (tertiary/aromatic N) is 2. The Kier molecular flexibility index (Phi) is 3.71. The molecule has 2 aromatic rings. The second-order valence-electron chi connectivity index (χ2n) is 3.79. The lowest BCUT2D eigenvalue weighted by molar-refractivity contribution is -0.383. The van der Waals surface area contributed by atoms with Crippen molar-refractivity contribution >= 4 is 22.3 Å². The molecule has 8 nitrogen and oxygen atoms in total. The second kappa shape index (κ2) is 5.44. The zero-order valence-electron chi connectivity index (χ0n) is 10.2. The van der Waals surface area contributed by atoms with Crippen LogP contribution in [-0.2, 0) is 4.74 Å². The maximum absolute atomic E-state index is 11.6. The van der Waals surface area contributed by atoms with Crippen molar-refractivity contribution in [3.63, 3.8) is 0 Å². The van der Waals surface area contributed by atoms with E-state index >= 15 is 0 Å². The molecule has 1 aromatic carbocycles. The van der Waals surface area contributed by atoms with Gasteiger partial charge in [0.1, 0.15) is 5.69 Å². The van der Waals surface area contributed by atoms with Crippen molar-refractivity contribution in [3.05, 3.63) is 38.9 Å². The number of H-pyrrole nitrogens is 1. The van der Waals surface area contributed by atoms with E-state index in [4.69, 9.17) is 4.74 Å². The Bertz CT molecular complexity index is 667. The molecule has 100 valence electrons. The third kappa shape index (κ3) is 2.68. The molecule has 0 aliphatic heterocycles. The molecule has 0 aliphatic rings. The third-order valence-corrected chi connectivity index (χ3v) is 2.58. The van der Waals surface area contributed by atoms with Gasteiger partial charge < -0.3 is 15.0 Å². The number of methoxy groups -OCH3 is 1. The van der Waals surface area contributed by atoms with E-state index in [1.54, 1.807) is 0 Å². The predicted molar refractivity (Wildman–Crippen MR) is 69.4 cm³/mol. The van der Waals surface area contributed by atoms with E-state index in [-0.39, 0.29) is 11.1 Å². The minimum absolute atomic E-state index is 0.165. The van der Waals surface area contributed by atoms with Crippen molar-refractivity contribution in [3.8, 4) is 0 Å². The van der Waals surface area contributed by atoms with Crippen LogP contribution in [-0.4, -0.2) is 35.2 Å². The van der Waals surface area contributed by atoms with Gasteiger partial charge in [-0.25, -0.2) is 4.98 Å². The molecular weight excluding hydrogens is 252 g/mol. The van der Waals surface area contributed by atoms with Crippen LogP contribution in [0.2, 0.25) is 0 Å². The molecule has 0 fully saturated rings. The first-order chi connectivity index (χ1) is 9.13. The van der Waals surface area contributed by atoms with Gasteiger partial charge in [-0.3, -0.25) is 14.9 Å². The van der Waals surface area contributed by atoms with E-state index < -0.39 is 10.5 Å². The summed E-state index contributed by atoms with van der Waals surface area (Å²) in [5, 5.41) is 14.1. The number of anilines is 1. The molecule has 0 aliphatic carbocycles. The van der Waals surface area contributed by atoms with E-state index in [0.717, 1.165) is 0 Å². The number of nitro groups is 1. The second-order valence-corrected chi connectivity index (χ2v) is 3.79. The van der Waals surface area contributed by atoms with E-state index in [9.17, 15) is 14.9 Å². The van der Waals surface area contributed by atoms with Crippen LogP contribution in [0.4, 0.5) is 11.4 Å². The summed E-state index contributed by atoms with van der Waals surface area (Å²) >= 11 is 0. The lowest BCUT2D eigenvalue weighted by Crippen LogP contribution is -2.11. The lowest BCUT2D eigenvalue weighted by atomic mass is 10.2. The number of fused-ring (bicyclic) bond motifs is 1. The van der Waals surface area contributed by atoms with Crippen LogP contribution in [0.25, 0.3) is 10.9 Å². The Morgan fingerprint density at radius 3 is 3.00 bits per heavy atom. The predicted octanol–water partition coefficient (Wildman–Crippen LogP) is 0.890. The van der Waals surface area contributed by atoms with Gasteiger partial charge in [0, 0.05) is 19.7 Å².